The molecule has 1 unspecified atom stereocenters. The largest absolute Gasteiger partial charge is 0.495 e. The summed E-state index contributed by atoms with van der Waals surface area (Å²) in [7, 11) is 5.83. The van der Waals surface area contributed by atoms with E-state index < -0.39 is 0 Å². The second-order valence-corrected chi connectivity index (χ2v) is 8.69. The Morgan fingerprint density at radius 3 is 2.84 bits per heavy atom. The van der Waals surface area contributed by atoms with Crippen LogP contribution in [-0.2, 0) is 13.6 Å². The summed E-state index contributed by atoms with van der Waals surface area (Å²) >= 11 is 0. The number of methoxy groups -OCH3 is 1. The molecule has 2 heterocycles. The average molecular weight is 427 g/mol. The second-order valence-electron chi connectivity index (χ2n) is 8.69. The maximum absolute atomic E-state index is 5.55. The first-order valence-corrected chi connectivity index (χ1v) is 11.3. The van der Waals surface area contributed by atoms with Crippen molar-refractivity contribution in [3.8, 4) is 5.75 Å². The standard InChI is InChI=1S/C24H38N6O/c1-7-25-24(28(4)16-20-17-29(5)27-23(20)18(2)3)26-14-19-12-13-30(15-19)21-10-8-9-11-22(21)31-6/h8-11,17-19H,7,12-16H2,1-6H3,(H,25,26). The number of guanidine groups is 1. The Hall–Kier alpha value is -2.70. The van der Waals surface area contributed by atoms with Gasteiger partial charge in [-0.15, -0.1) is 0 Å². The molecule has 0 saturated carbocycles. The minimum atomic E-state index is 0.406. The minimum absolute atomic E-state index is 0.406. The molecular formula is C24H38N6O. The average Bonchev–Trinajstić information content (AvgIpc) is 3.37. The van der Waals surface area contributed by atoms with Gasteiger partial charge in [-0.05, 0) is 37.3 Å². The number of aromatic nitrogens is 2. The fourth-order valence-electron chi connectivity index (χ4n) is 4.27. The van der Waals surface area contributed by atoms with Gasteiger partial charge in [0.15, 0.2) is 5.96 Å². The Kier molecular flexibility index (Phi) is 7.82. The number of para-hydroxylation sites is 2. The molecule has 7 nitrogen and oxygen atoms in total. The number of benzene rings is 1. The van der Waals surface area contributed by atoms with Crippen molar-refractivity contribution >= 4 is 11.6 Å². The fourth-order valence-corrected chi connectivity index (χ4v) is 4.27. The Morgan fingerprint density at radius 2 is 2.13 bits per heavy atom. The molecule has 7 heteroatoms. The molecule has 1 aromatic heterocycles. The van der Waals surface area contributed by atoms with Gasteiger partial charge in [0.05, 0.1) is 18.5 Å². The summed E-state index contributed by atoms with van der Waals surface area (Å²) in [6.07, 6.45) is 3.27. The third-order valence-corrected chi connectivity index (χ3v) is 5.80. The summed E-state index contributed by atoms with van der Waals surface area (Å²) in [6, 6.07) is 8.27. The number of anilines is 1. The first-order valence-electron chi connectivity index (χ1n) is 11.3. The van der Waals surface area contributed by atoms with E-state index in [-0.39, 0.29) is 0 Å². The van der Waals surface area contributed by atoms with Crippen molar-refractivity contribution in [3.63, 3.8) is 0 Å². The summed E-state index contributed by atoms with van der Waals surface area (Å²) < 4.78 is 7.46. The van der Waals surface area contributed by atoms with Gasteiger partial charge in [-0.1, -0.05) is 26.0 Å². The van der Waals surface area contributed by atoms with Crippen molar-refractivity contribution < 1.29 is 4.74 Å². The minimum Gasteiger partial charge on any atom is -0.495 e. The molecule has 0 bridgehead atoms. The zero-order valence-electron chi connectivity index (χ0n) is 19.9. The molecule has 0 spiro atoms. The lowest BCUT2D eigenvalue weighted by Crippen LogP contribution is -2.39. The molecule has 170 valence electrons. The summed E-state index contributed by atoms with van der Waals surface area (Å²) in [6.45, 7) is 11.0. The van der Waals surface area contributed by atoms with Gasteiger partial charge in [-0.3, -0.25) is 9.67 Å². The van der Waals surface area contributed by atoms with Crippen LogP contribution in [0.4, 0.5) is 5.69 Å². The SMILES string of the molecule is CCNC(=NCC1CCN(c2ccccc2OC)C1)N(C)Cc1cn(C)nc1C(C)C. The van der Waals surface area contributed by atoms with Crippen molar-refractivity contribution in [1.82, 2.24) is 20.0 Å². The van der Waals surface area contributed by atoms with Gasteiger partial charge < -0.3 is 19.9 Å². The molecule has 1 aromatic carbocycles. The van der Waals surface area contributed by atoms with Gasteiger partial charge in [0.25, 0.3) is 0 Å². The molecule has 1 N–H and O–H groups in total. The predicted octanol–water partition coefficient (Wildman–Crippen LogP) is 3.48. The molecule has 0 amide bonds. The monoisotopic (exact) mass is 426 g/mol. The molecule has 0 aliphatic carbocycles. The van der Waals surface area contributed by atoms with Crippen molar-refractivity contribution in [1.29, 1.82) is 0 Å². The first-order chi connectivity index (χ1) is 14.9. The van der Waals surface area contributed by atoms with Crippen LogP contribution >= 0.6 is 0 Å². The molecule has 0 radical (unpaired) electrons. The number of ether oxygens (including phenoxy) is 1. The third-order valence-electron chi connectivity index (χ3n) is 5.80. The van der Waals surface area contributed by atoms with E-state index in [0.717, 1.165) is 56.5 Å². The van der Waals surface area contributed by atoms with Gasteiger partial charge >= 0.3 is 0 Å². The summed E-state index contributed by atoms with van der Waals surface area (Å²) in [5.41, 5.74) is 3.60. The molecule has 3 rings (SSSR count). The summed E-state index contributed by atoms with van der Waals surface area (Å²) in [5.74, 6) is 2.84. The highest BCUT2D eigenvalue weighted by atomic mass is 16.5. The lowest BCUT2D eigenvalue weighted by molar-refractivity contribution is 0.414. The molecular weight excluding hydrogens is 388 g/mol. The Morgan fingerprint density at radius 1 is 1.35 bits per heavy atom. The van der Waals surface area contributed by atoms with Crippen molar-refractivity contribution in [3.05, 3.63) is 41.7 Å². The van der Waals surface area contributed by atoms with Crippen LogP contribution in [-0.4, -0.2) is 61.0 Å². The smallest absolute Gasteiger partial charge is 0.193 e. The first kappa shape index (κ1) is 23.0. The van der Waals surface area contributed by atoms with Crippen LogP contribution in [0, 0.1) is 5.92 Å². The van der Waals surface area contributed by atoms with E-state index in [1.165, 1.54) is 11.3 Å². The van der Waals surface area contributed by atoms with E-state index in [1.807, 2.05) is 23.9 Å². The number of aryl methyl sites for hydroxylation is 1. The van der Waals surface area contributed by atoms with Gasteiger partial charge in [-0.25, -0.2) is 0 Å². The quantitative estimate of drug-likeness (QED) is 0.517. The van der Waals surface area contributed by atoms with Crippen molar-refractivity contribution in [2.75, 3.05) is 45.2 Å². The van der Waals surface area contributed by atoms with Gasteiger partial charge in [0.1, 0.15) is 5.75 Å². The van der Waals surface area contributed by atoms with E-state index in [9.17, 15) is 0 Å². The fraction of sp³-hybridized carbons (Fsp3) is 0.583. The number of nitrogens with zero attached hydrogens (tertiary/aromatic N) is 5. The van der Waals surface area contributed by atoms with Gasteiger partial charge in [-0.2, -0.15) is 5.10 Å². The topological polar surface area (TPSA) is 57.9 Å². The van der Waals surface area contributed by atoms with Crippen LogP contribution in [0.25, 0.3) is 0 Å². The highest BCUT2D eigenvalue weighted by Gasteiger charge is 2.25. The van der Waals surface area contributed by atoms with Crippen LogP contribution in [0.5, 0.6) is 5.75 Å². The van der Waals surface area contributed by atoms with Crippen LogP contribution in [0.1, 0.15) is 44.4 Å². The van der Waals surface area contributed by atoms with E-state index in [4.69, 9.17) is 9.73 Å². The number of nitrogens with one attached hydrogen (secondary N) is 1. The Labute approximate surface area is 187 Å². The van der Waals surface area contributed by atoms with Crippen molar-refractivity contribution in [2.24, 2.45) is 18.0 Å². The van der Waals surface area contributed by atoms with Crippen molar-refractivity contribution in [2.45, 2.75) is 39.7 Å². The molecule has 1 aliphatic heterocycles. The zero-order chi connectivity index (χ0) is 22.4. The second kappa shape index (κ2) is 10.6. The lowest BCUT2D eigenvalue weighted by atomic mass is 10.1. The summed E-state index contributed by atoms with van der Waals surface area (Å²) in [4.78, 5) is 9.61. The van der Waals surface area contributed by atoms with Crippen LogP contribution in [0.2, 0.25) is 0 Å². The number of aliphatic imine (C=N–C) groups is 1. The molecule has 2 aromatic rings. The predicted molar refractivity (Wildman–Crippen MR) is 128 cm³/mol. The molecule has 31 heavy (non-hydrogen) atoms. The molecule has 1 aliphatic rings. The third kappa shape index (κ3) is 5.71. The van der Waals surface area contributed by atoms with Gasteiger partial charge in [0, 0.05) is 58.6 Å². The normalized spacial score (nSPS) is 16.8. The maximum Gasteiger partial charge on any atom is 0.193 e. The van der Waals surface area contributed by atoms with E-state index in [1.54, 1.807) is 7.11 Å². The number of rotatable bonds is 8. The number of hydrogen-bond donors (Lipinski definition) is 1. The number of hydrogen-bond acceptors (Lipinski definition) is 4. The molecule has 1 saturated heterocycles. The Balaban J connectivity index is 1.64. The highest BCUT2D eigenvalue weighted by molar-refractivity contribution is 5.79. The highest BCUT2D eigenvalue weighted by Crippen LogP contribution is 2.32. The molecule has 1 atom stereocenters. The van der Waals surface area contributed by atoms with Gasteiger partial charge in [0.2, 0.25) is 0 Å². The van der Waals surface area contributed by atoms with E-state index >= 15 is 0 Å². The van der Waals surface area contributed by atoms with Crippen LogP contribution in [0.3, 0.4) is 0 Å². The van der Waals surface area contributed by atoms with Crippen LogP contribution < -0.4 is 15.0 Å². The maximum atomic E-state index is 5.55. The Bertz CT molecular complexity index is 875. The van der Waals surface area contributed by atoms with Crippen LogP contribution in [0.15, 0.2) is 35.5 Å². The van der Waals surface area contributed by atoms with E-state index in [0.29, 0.717) is 11.8 Å². The summed E-state index contributed by atoms with van der Waals surface area (Å²) in [5, 5.41) is 8.10. The zero-order valence-corrected chi connectivity index (χ0v) is 19.9. The van der Waals surface area contributed by atoms with E-state index in [2.05, 4.69) is 66.4 Å². The molecule has 1 fully saturated rings. The lowest BCUT2D eigenvalue weighted by Gasteiger charge is -2.23.